The predicted molar refractivity (Wildman–Crippen MR) is 58.6 cm³/mol. The molecule has 0 spiro atoms. The number of halogens is 3. The summed E-state index contributed by atoms with van der Waals surface area (Å²) in [6.45, 7) is 1.65. The summed E-state index contributed by atoms with van der Waals surface area (Å²) in [5.41, 5.74) is 0.0251. The maximum Gasteiger partial charge on any atom is 0.573 e. The molecule has 0 aliphatic rings. The third kappa shape index (κ3) is 3.61. The third-order valence-corrected chi connectivity index (χ3v) is 2.33. The quantitative estimate of drug-likeness (QED) is 0.794. The van der Waals surface area contributed by atoms with E-state index in [1.807, 2.05) is 0 Å². The van der Waals surface area contributed by atoms with Crippen molar-refractivity contribution in [3.63, 3.8) is 0 Å². The number of ether oxygens (including phenoxy) is 2. The molecule has 0 radical (unpaired) electrons. The highest BCUT2D eigenvalue weighted by atomic mass is 19.4. The fraction of sp³-hybridized carbons (Fsp3) is 0.333. The van der Waals surface area contributed by atoms with Gasteiger partial charge in [-0.25, -0.2) is 4.79 Å². The Balaban J connectivity index is 3.39. The van der Waals surface area contributed by atoms with Crippen LogP contribution < -0.4 is 4.74 Å². The van der Waals surface area contributed by atoms with Gasteiger partial charge in [0, 0.05) is 0 Å². The van der Waals surface area contributed by atoms with Crippen molar-refractivity contribution in [3.8, 4) is 11.8 Å². The Morgan fingerprint density at radius 3 is 2.47 bits per heavy atom. The number of esters is 1. The van der Waals surface area contributed by atoms with Gasteiger partial charge in [-0.15, -0.1) is 13.2 Å². The number of hydrogen-bond donors (Lipinski definition) is 0. The number of alkyl halides is 3. The Morgan fingerprint density at radius 1 is 1.42 bits per heavy atom. The molecule has 0 unspecified atom stereocenters. The molecule has 0 amide bonds. The van der Waals surface area contributed by atoms with Crippen molar-refractivity contribution in [2.75, 3.05) is 7.11 Å². The van der Waals surface area contributed by atoms with E-state index in [-0.39, 0.29) is 23.1 Å². The van der Waals surface area contributed by atoms with Gasteiger partial charge in [0.2, 0.25) is 0 Å². The molecule has 1 rings (SSSR count). The first-order valence-corrected chi connectivity index (χ1v) is 5.23. The van der Waals surface area contributed by atoms with Gasteiger partial charge >= 0.3 is 12.3 Å². The first-order valence-electron chi connectivity index (χ1n) is 5.23. The van der Waals surface area contributed by atoms with Gasteiger partial charge in [-0.3, -0.25) is 0 Å². The average molecular weight is 273 g/mol. The van der Waals surface area contributed by atoms with Crippen LogP contribution in [-0.4, -0.2) is 19.4 Å². The first kappa shape index (κ1) is 14.8. The molecular weight excluding hydrogens is 263 g/mol. The molecule has 0 heterocycles. The number of hydrogen-bond acceptors (Lipinski definition) is 4. The van der Waals surface area contributed by atoms with E-state index in [0.29, 0.717) is 0 Å². The maximum absolute atomic E-state index is 12.2. The number of rotatable bonds is 3. The molecular formula is C12H10F3NO3. The molecule has 7 heteroatoms. The highest BCUT2D eigenvalue weighted by molar-refractivity contribution is 5.93. The molecule has 0 aliphatic carbocycles. The lowest BCUT2D eigenvalue weighted by Crippen LogP contribution is -2.18. The maximum atomic E-state index is 12.2. The number of benzene rings is 1. The van der Waals surface area contributed by atoms with Gasteiger partial charge in [-0.2, -0.15) is 5.26 Å². The van der Waals surface area contributed by atoms with Gasteiger partial charge in [0.1, 0.15) is 11.8 Å². The number of nitrogens with zero attached hydrogens (tertiary/aromatic N) is 1. The second-order valence-corrected chi connectivity index (χ2v) is 3.51. The highest BCUT2D eigenvalue weighted by Crippen LogP contribution is 2.28. The number of carbonyl (C=O) groups is 1. The molecule has 0 saturated heterocycles. The van der Waals surface area contributed by atoms with E-state index in [1.165, 1.54) is 0 Å². The summed E-state index contributed by atoms with van der Waals surface area (Å²) in [4.78, 5) is 11.5. The van der Waals surface area contributed by atoms with E-state index in [0.717, 1.165) is 19.2 Å². The van der Waals surface area contributed by atoms with Gasteiger partial charge < -0.3 is 9.47 Å². The highest BCUT2D eigenvalue weighted by Gasteiger charge is 2.32. The van der Waals surface area contributed by atoms with Crippen LogP contribution in [0.5, 0.6) is 5.75 Å². The van der Waals surface area contributed by atoms with Crippen LogP contribution in [0, 0.1) is 11.3 Å². The van der Waals surface area contributed by atoms with Gasteiger partial charge in [-0.1, -0.05) is 6.92 Å². The van der Waals surface area contributed by atoms with Crippen molar-refractivity contribution < 1.29 is 27.4 Å². The molecule has 0 N–H and O–H groups in total. The Labute approximate surface area is 107 Å². The Morgan fingerprint density at radius 2 is 2.05 bits per heavy atom. The number of methoxy groups -OCH3 is 1. The fourth-order valence-corrected chi connectivity index (χ4v) is 1.55. The van der Waals surface area contributed by atoms with Crippen LogP contribution in [-0.2, 0) is 11.2 Å². The summed E-state index contributed by atoms with van der Waals surface area (Å²) < 4.78 is 44.7. The molecule has 0 aliphatic heterocycles. The zero-order valence-electron chi connectivity index (χ0n) is 10.2. The van der Waals surface area contributed by atoms with Crippen molar-refractivity contribution in [3.05, 3.63) is 28.8 Å². The first-order chi connectivity index (χ1) is 8.82. The molecule has 0 aromatic heterocycles. The van der Waals surface area contributed by atoms with E-state index in [2.05, 4.69) is 9.47 Å². The van der Waals surface area contributed by atoms with Crippen LogP contribution in [0.4, 0.5) is 13.2 Å². The minimum Gasteiger partial charge on any atom is -0.465 e. The number of carbonyl (C=O) groups excluding carboxylic acids is 1. The Hall–Kier alpha value is -2.23. The lowest BCUT2D eigenvalue weighted by Gasteiger charge is -2.13. The Bertz CT molecular complexity index is 532. The predicted octanol–water partition coefficient (Wildman–Crippen LogP) is 2.81. The van der Waals surface area contributed by atoms with E-state index < -0.39 is 18.1 Å². The minimum atomic E-state index is -4.87. The minimum absolute atomic E-state index is 0.0103. The SMILES string of the molecule is CCc1cc(OC(F)(F)F)cc(C(=O)OC)c1C#N. The average Bonchev–Trinajstić information content (AvgIpc) is 2.34. The molecule has 19 heavy (non-hydrogen) atoms. The fourth-order valence-electron chi connectivity index (χ4n) is 1.55. The summed E-state index contributed by atoms with van der Waals surface area (Å²) in [5, 5.41) is 8.98. The van der Waals surface area contributed by atoms with Gasteiger partial charge in [0.05, 0.1) is 18.2 Å². The summed E-state index contributed by atoms with van der Waals surface area (Å²) in [7, 11) is 1.08. The molecule has 0 bridgehead atoms. The molecule has 102 valence electrons. The standard InChI is InChI=1S/C12H10F3NO3/c1-3-7-4-8(19-12(13,14)15)5-9(10(7)6-16)11(17)18-2/h4-5H,3H2,1-2H3. The zero-order chi connectivity index (χ0) is 14.6. The van der Waals surface area contributed by atoms with E-state index in [4.69, 9.17) is 5.26 Å². The summed E-state index contributed by atoms with van der Waals surface area (Å²) >= 11 is 0. The molecule has 4 nitrogen and oxygen atoms in total. The summed E-state index contributed by atoms with van der Waals surface area (Å²) in [5.74, 6) is -1.44. The van der Waals surface area contributed by atoms with E-state index >= 15 is 0 Å². The monoisotopic (exact) mass is 273 g/mol. The van der Waals surface area contributed by atoms with E-state index in [9.17, 15) is 18.0 Å². The van der Waals surface area contributed by atoms with Crippen LogP contribution in [0.15, 0.2) is 12.1 Å². The van der Waals surface area contributed by atoms with Crippen LogP contribution in [0.3, 0.4) is 0 Å². The van der Waals surface area contributed by atoms with Crippen molar-refractivity contribution >= 4 is 5.97 Å². The van der Waals surface area contributed by atoms with Gasteiger partial charge in [-0.05, 0) is 24.1 Å². The smallest absolute Gasteiger partial charge is 0.465 e. The van der Waals surface area contributed by atoms with Gasteiger partial charge in [0.25, 0.3) is 0 Å². The largest absolute Gasteiger partial charge is 0.573 e. The lowest BCUT2D eigenvalue weighted by molar-refractivity contribution is -0.274. The van der Waals surface area contributed by atoms with Crippen molar-refractivity contribution in [1.82, 2.24) is 0 Å². The lowest BCUT2D eigenvalue weighted by atomic mass is 9.99. The molecule has 0 atom stereocenters. The number of aryl methyl sites for hydroxylation is 1. The number of nitriles is 1. The Kier molecular flexibility index (Phi) is 4.38. The summed E-state index contributed by atoms with van der Waals surface area (Å²) in [6.07, 6.45) is -4.59. The van der Waals surface area contributed by atoms with Crippen LogP contribution in [0.25, 0.3) is 0 Å². The van der Waals surface area contributed by atoms with Crippen molar-refractivity contribution in [2.24, 2.45) is 0 Å². The second kappa shape index (κ2) is 5.61. The molecule has 1 aromatic rings. The van der Waals surface area contributed by atoms with E-state index in [1.54, 1.807) is 13.0 Å². The molecule has 0 fully saturated rings. The third-order valence-electron chi connectivity index (χ3n) is 2.33. The molecule has 1 aromatic carbocycles. The topological polar surface area (TPSA) is 59.3 Å². The van der Waals surface area contributed by atoms with Crippen molar-refractivity contribution in [2.45, 2.75) is 19.7 Å². The van der Waals surface area contributed by atoms with Crippen LogP contribution in [0.1, 0.15) is 28.4 Å². The van der Waals surface area contributed by atoms with Gasteiger partial charge in [0.15, 0.2) is 0 Å². The molecule has 0 saturated carbocycles. The second-order valence-electron chi connectivity index (χ2n) is 3.51. The summed E-state index contributed by atoms with van der Waals surface area (Å²) in [6, 6.07) is 3.71. The van der Waals surface area contributed by atoms with Crippen molar-refractivity contribution in [1.29, 1.82) is 5.26 Å². The van der Waals surface area contributed by atoms with Crippen LogP contribution in [0.2, 0.25) is 0 Å². The van der Waals surface area contributed by atoms with Crippen LogP contribution >= 0.6 is 0 Å². The normalized spacial score (nSPS) is 10.7. The zero-order valence-corrected chi connectivity index (χ0v) is 10.2.